The molecule has 4 heteroatoms. The lowest BCUT2D eigenvalue weighted by molar-refractivity contribution is 0.560. The second kappa shape index (κ2) is 6.12. The SMILES string of the molecule is CC(NCC=Cc1ccccc1)c1nncn1C. The van der Waals surface area contributed by atoms with Crippen LogP contribution in [0.5, 0.6) is 0 Å². The van der Waals surface area contributed by atoms with Gasteiger partial charge in [-0.3, -0.25) is 0 Å². The first-order valence-corrected chi connectivity index (χ1v) is 6.06. The van der Waals surface area contributed by atoms with Crippen LogP contribution in [0.15, 0.2) is 42.7 Å². The van der Waals surface area contributed by atoms with E-state index in [1.54, 1.807) is 6.33 Å². The molecule has 1 aromatic carbocycles. The van der Waals surface area contributed by atoms with Gasteiger partial charge in [-0.1, -0.05) is 42.5 Å². The summed E-state index contributed by atoms with van der Waals surface area (Å²) in [6.07, 6.45) is 5.94. The van der Waals surface area contributed by atoms with E-state index in [1.165, 1.54) is 5.56 Å². The molecule has 4 nitrogen and oxygen atoms in total. The second-order valence-electron chi connectivity index (χ2n) is 4.24. The standard InChI is InChI=1S/C14H18N4/c1-12(14-17-16-11-18(14)2)15-10-6-9-13-7-4-3-5-8-13/h3-9,11-12,15H,10H2,1-2H3. The Balaban J connectivity index is 1.82. The molecule has 2 aromatic rings. The largest absolute Gasteiger partial charge is 0.319 e. The number of aromatic nitrogens is 3. The van der Waals surface area contributed by atoms with Crippen molar-refractivity contribution in [1.29, 1.82) is 0 Å². The number of benzene rings is 1. The van der Waals surface area contributed by atoms with Crippen LogP contribution in [-0.2, 0) is 7.05 Å². The zero-order chi connectivity index (χ0) is 12.8. The van der Waals surface area contributed by atoms with Crippen molar-refractivity contribution in [3.05, 3.63) is 54.1 Å². The van der Waals surface area contributed by atoms with Crippen molar-refractivity contribution < 1.29 is 0 Å². The molecular formula is C14H18N4. The van der Waals surface area contributed by atoms with Gasteiger partial charge >= 0.3 is 0 Å². The van der Waals surface area contributed by atoms with Crippen molar-refractivity contribution in [2.45, 2.75) is 13.0 Å². The number of nitrogens with zero attached hydrogens (tertiary/aromatic N) is 3. The lowest BCUT2D eigenvalue weighted by Gasteiger charge is -2.10. The monoisotopic (exact) mass is 242 g/mol. The van der Waals surface area contributed by atoms with Crippen LogP contribution in [0.2, 0.25) is 0 Å². The predicted octanol–water partition coefficient (Wildman–Crippen LogP) is 2.18. The van der Waals surface area contributed by atoms with Crippen molar-refractivity contribution in [3.63, 3.8) is 0 Å². The van der Waals surface area contributed by atoms with Gasteiger partial charge in [0.25, 0.3) is 0 Å². The quantitative estimate of drug-likeness (QED) is 0.874. The summed E-state index contributed by atoms with van der Waals surface area (Å²) in [7, 11) is 1.95. The molecule has 1 heterocycles. The van der Waals surface area contributed by atoms with E-state index in [2.05, 4.69) is 46.7 Å². The fourth-order valence-corrected chi connectivity index (χ4v) is 1.78. The van der Waals surface area contributed by atoms with Crippen molar-refractivity contribution >= 4 is 6.08 Å². The Morgan fingerprint density at radius 3 is 2.78 bits per heavy atom. The van der Waals surface area contributed by atoms with Gasteiger partial charge in [0, 0.05) is 13.6 Å². The minimum atomic E-state index is 0.193. The molecule has 0 aliphatic rings. The highest BCUT2D eigenvalue weighted by atomic mass is 15.3. The summed E-state index contributed by atoms with van der Waals surface area (Å²) in [5, 5.41) is 11.3. The molecular weight excluding hydrogens is 224 g/mol. The van der Waals surface area contributed by atoms with Crippen LogP contribution < -0.4 is 5.32 Å². The summed E-state index contributed by atoms with van der Waals surface area (Å²) in [6.45, 7) is 2.89. The Kier molecular flexibility index (Phi) is 4.25. The number of rotatable bonds is 5. The Hall–Kier alpha value is -1.94. The zero-order valence-electron chi connectivity index (χ0n) is 10.7. The summed E-state index contributed by atoms with van der Waals surface area (Å²) < 4.78 is 1.93. The highest BCUT2D eigenvalue weighted by Gasteiger charge is 2.08. The van der Waals surface area contributed by atoms with Crippen molar-refractivity contribution in [2.75, 3.05) is 6.54 Å². The van der Waals surface area contributed by atoms with E-state index in [0.29, 0.717) is 0 Å². The fraction of sp³-hybridized carbons (Fsp3) is 0.286. The van der Waals surface area contributed by atoms with Gasteiger partial charge in [-0.15, -0.1) is 10.2 Å². The maximum absolute atomic E-state index is 4.08. The first kappa shape index (κ1) is 12.5. The number of hydrogen-bond acceptors (Lipinski definition) is 3. The van der Waals surface area contributed by atoms with Crippen LogP contribution in [0.4, 0.5) is 0 Å². The average Bonchev–Trinajstić information content (AvgIpc) is 2.82. The van der Waals surface area contributed by atoms with Crippen molar-refractivity contribution in [3.8, 4) is 0 Å². The third-order valence-electron chi connectivity index (χ3n) is 2.79. The molecule has 0 fully saturated rings. The molecule has 1 aromatic heterocycles. The van der Waals surface area contributed by atoms with E-state index in [1.807, 2.05) is 29.8 Å². The number of hydrogen-bond donors (Lipinski definition) is 1. The normalized spacial score (nSPS) is 13.0. The Morgan fingerprint density at radius 1 is 1.33 bits per heavy atom. The van der Waals surface area contributed by atoms with Gasteiger partial charge in [-0.05, 0) is 12.5 Å². The third kappa shape index (κ3) is 3.28. The van der Waals surface area contributed by atoms with Crippen LogP contribution in [-0.4, -0.2) is 21.3 Å². The first-order valence-electron chi connectivity index (χ1n) is 6.06. The molecule has 0 saturated carbocycles. The van der Waals surface area contributed by atoms with Gasteiger partial charge in [0.15, 0.2) is 0 Å². The average molecular weight is 242 g/mol. The predicted molar refractivity (Wildman–Crippen MR) is 72.9 cm³/mol. The van der Waals surface area contributed by atoms with E-state index in [9.17, 15) is 0 Å². The molecule has 1 atom stereocenters. The number of aryl methyl sites for hydroxylation is 1. The Bertz CT molecular complexity index is 502. The first-order chi connectivity index (χ1) is 8.77. The second-order valence-corrected chi connectivity index (χ2v) is 4.24. The van der Waals surface area contributed by atoms with Crippen LogP contribution in [0.1, 0.15) is 24.4 Å². The summed E-state index contributed by atoms with van der Waals surface area (Å²) >= 11 is 0. The molecule has 1 N–H and O–H groups in total. The van der Waals surface area contributed by atoms with Crippen LogP contribution in [0.25, 0.3) is 6.08 Å². The smallest absolute Gasteiger partial charge is 0.149 e. The van der Waals surface area contributed by atoms with Gasteiger partial charge < -0.3 is 9.88 Å². The summed E-state index contributed by atoms with van der Waals surface area (Å²) in [5.74, 6) is 0.947. The minimum absolute atomic E-state index is 0.193. The lowest BCUT2D eigenvalue weighted by Crippen LogP contribution is -2.21. The van der Waals surface area contributed by atoms with Crippen LogP contribution in [0, 0.1) is 0 Å². The van der Waals surface area contributed by atoms with Crippen molar-refractivity contribution in [1.82, 2.24) is 20.1 Å². The van der Waals surface area contributed by atoms with Crippen molar-refractivity contribution in [2.24, 2.45) is 7.05 Å². The topological polar surface area (TPSA) is 42.7 Å². The summed E-state index contributed by atoms with van der Waals surface area (Å²) in [6, 6.07) is 10.5. The van der Waals surface area contributed by atoms with Gasteiger partial charge in [-0.25, -0.2) is 0 Å². The van der Waals surface area contributed by atoms with E-state index >= 15 is 0 Å². The van der Waals surface area contributed by atoms with Crippen LogP contribution in [0.3, 0.4) is 0 Å². The molecule has 94 valence electrons. The van der Waals surface area contributed by atoms with Gasteiger partial charge in [0.1, 0.15) is 12.2 Å². The molecule has 0 spiro atoms. The van der Waals surface area contributed by atoms with E-state index in [-0.39, 0.29) is 6.04 Å². The molecule has 0 aliphatic heterocycles. The Morgan fingerprint density at radius 2 is 2.11 bits per heavy atom. The number of nitrogens with one attached hydrogen (secondary N) is 1. The molecule has 1 unspecified atom stereocenters. The highest BCUT2D eigenvalue weighted by molar-refractivity contribution is 5.48. The third-order valence-corrected chi connectivity index (χ3v) is 2.79. The summed E-state index contributed by atoms with van der Waals surface area (Å²) in [5.41, 5.74) is 1.21. The molecule has 2 rings (SSSR count). The summed E-state index contributed by atoms with van der Waals surface area (Å²) in [4.78, 5) is 0. The molecule has 18 heavy (non-hydrogen) atoms. The fourth-order valence-electron chi connectivity index (χ4n) is 1.78. The Labute approximate surface area is 107 Å². The lowest BCUT2D eigenvalue weighted by atomic mass is 10.2. The van der Waals surface area contributed by atoms with Crippen LogP contribution >= 0.6 is 0 Å². The van der Waals surface area contributed by atoms with Gasteiger partial charge in [0.05, 0.1) is 6.04 Å². The zero-order valence-corrected chi connectivity index (χ0v) is 10.7. The molecule has 0 amide bonds. The molecule has 0 saturated heterocycles. The minimum Gasteiger partial charge on any atom is -0.319 e. The van der Waals surface area contributed by atoms with E-state index < -0.39 is 0 Å². The van der Waals surface area contributed by atoms with E-state index in [0.717, 1.165) is 12.4 Å². The maximum atomic E-state index is 4.08. The maximum Gasteiger partial charge on any atom is 0.149 e. The van der Waals surface area contributed by atoms with E-state index in [4.69, 9.17) is 0 Å². The molecule has 0 radical (unpaired) electrons. The highest BCUT2D eigenvalue weighted by Crippen LogP contribution is 2.06. The van der Waals surface area contributed by atoms with Gasteiger partial charge in [-0.2, -0.15) is 0 Å². The molecule has 0 aliphatic carbocycles. The van der Waals surface area contributed by atoms with Gasteiger partial charge in [0.2, 0.25) is 0 Å². The molecule has 0 bridgehead atoms.